The molecule has 4 aromatic rings. The number of aromatic nitrogens is 1. The molecule has 8 nitrogen and oxygen atoms in total. The van der Waals surface area contributed by atoms with Crippen molar-refractivity contribution >= 4 is 44.8 Å². The number of nitrogens with zero attached hydrogens (tertiary/aromatic N) is 3. The van der Waals surface area contributed by atoms with E-state index < -0.39 is 6.03 Å². The van der Waals surface area contributed by atoms with Crippen molar-refractivity contribution in [1.82, 2.24) is 9.27 Å². The minimum Gasteiger partial charge on any atom is -0.493 e. The maximum Gasteiger partial charge on any atom is 0.323 e. The van der Waals surface area contributed by atoms with Crippen LogP contribution in [0, 0.1) is 5.82 Å². The van der Waals surface area contributed by atoms with Gasteiger partial charge in [-0.15, -0.1) is 0 Å². The summed E-state index contributed by atoms with van der Waals surface area (Å²) in [7, 11) is 3.16. The minimum atomic E-state index is -0.422. The van der Waals surface area contributed by atoms with Gasteiger partial charge in [0.2, 0.25) is 0 Å². The van der Waals surface area contributed by atoms with E-state index in [1.54, 1.807) is 31.8 Å². The second kappa shape index (κ2) is 11.7. The number of hydrogen-bond acceptors (Lipinski definition) is 7. The molecule has 0 saturated carbocycles. The monoisotopic (exact) mass is 535 g/mol. The second-order valence-corrected chi connectivity index (χ2v) is 9.84. The molecule has 0 aliphatic carbocycles. The van der Waals surface area contributed by atoms with Crippen LogP contribution in [-0.4, -0.2) is 62.2 Å². The van der Waals surface area contributed by atoms with Crippen molar-refractivity contribution in [1.29, 1.82) is 0 Å². The summed E-state index contributed by atoms with van der Waals surface area (Å²) in [6, 6.07) is 17.2. The highest BCUT2D eigenvalue weighted by Crippen LogP contribution is 2.34. The SMILES string of the molecule is COc1cc(CCN2CCN(c3nsc4ccccc34)CC2)c(NC(=O)Nc2ccc(F)cc2)cc1OC. The van der Waals surface area contributed by atoms with E-state index >= 15 is 0 Å². The third kappa shape index (κ3) is 5.81. The van der Waals surface area contributed by atoms with Gasteiger partial charge < -0.3 is 25.0 Å². The van der Waals surface area contributed by atoms with Gasteiger partial charge in [-0.2, -0.15) is 4.37 Å². The highest BCUT2D eigenvalue weighted by atomic mass is 32.1. The van der Waals surface area contributed by atoms with Crippen molar-refractivity contribution < 1.29 is 18.7 Å². The number of carbonyl (C=O) groups is 1. The van der Waals surface area contributed by atoms with Crippen molar-refractivity contribution in [2.75, 3.05) is 62.5 Å². The smallest absolute Gasteiger partial charge is 0.323 e. The molecule has 3 aromatic carbocycles. The molecule has 0 atom stereocenters. The van der Waals surface area contributed by atoms with Gasteiger partial charge in [-0.25, -0.2) is 9.18 Å². The van der Waals surface area contributed by atoms with Crippen LogP contribution in [0.4, 0.5) is 26.4 Å². The predicted octanol–water partition coefficient (Wildman–Crippen LogP) is 5.46. The molecule has 1 aliphatic rings. The number of halogens is 1. The zero-order valence-electron chi connectivity index (χ0n) is 21.4. The number of fused-ring (bicyclic) bond motifs is 1. The van der Waals surface area contributed by atoms with Gasteiger partial charge in [0.05, 0.1) is 18.9 Å². The Labute approximate surface area is 225 Å². The van der Waals surface area contributed by atoms with E-state index in [0.717, 1.165) is 44.1 Å². The number of hydrogen-bond donors (Lipinski definition) is 2. The average Bonchev–Trinajstić information content (AvgIpc) is 3.38. The number of urea groups is 1. The highest BCUT2D eigenvalue weighted by molar-refractivity contribution is 7.13. The van der Waals surface area contributed by atoms with Crippen molar-refractivity contribution in [3.05, 3.63) is 72.0 Å². The van der Waals surface area contributed by atoms with Crippen molar-refractivity contribution in [2.24, 2.45) is 0 Å². The van der Waals surface area contributed by atoms with E-state index in [1.807, 2.05) is 12.1 Å². The van der Waals surface area contributed by atoms with Gasteiger partial charge in [-0.1, -0.05) is 12.1 Å². The van der Waals surface area contributed by atoms with Crippen molar-refractivity contribution in [3.8, 4) is 11.5 Å². The number of nitrogens with one attached hydrogen (secondary N) is 2. The molecule has 2 heterocycles. The second-order valence-electron chi connectivity index (χ2n) is 9.03. The van der Waals surface area contributed by atoms with E-state index in [1.165, 1.54) is 34.4 Å². The van der Waals surface area contributed by atoms with E-state index in [0.29, 0.717) is 29.3 Å². The van der Waals surface area contributed by atoms with E-state index in [4.69, 9.17) is 13.8 Å². The van der Waals surface area contributed by atoms with Crippen LogP contribution in [0.5, 0.6) is 11.5 Å². The quantitative estimate of drug-likeness (QED) is 0.312. The van der Waals surface area contributed by atoms with Gasteiger partial charge in [-0.05, 0) is 66.0 Å². The van der Waals surface area contributed by atoms with Gasteiger partial charge in [0, 0.05) is 55.6 Å². The summed E-state index contributed by atoms with van der Waals surface area (Å²) < 4.78 is 30.1. The van der Waals surface area contributed by atoms with Crippen LogP contribution >= 0.6 is 11.5 Å². The zero-order valence-corrected chi connectivity index (χ0v) is 22.2. The molecule has 1 fully saturated rings. The number of anilines is 3. The van der Waals surface area contributed by atoms with Crippen LogP contribution in [-0.2, 0) is 6.42 Å². The molecular weight excluding hydrogens is 505 g/mol. The van der Waals surface area contributed by atoms with Gasteiger partial charge >= 0.3 is 6.03 Å². The Morgan fingerprint density at radius 1 is 0.974 bits per heavy atom. The van der Waals surface area contributed by atoms with Crippen LogP contribution in [0.2, 0.25) is 0 Å². The van der Waals surface area contributed by atoms with Gasteiger partial charge in [0.1, 0.15) is 11.6 Å². The summed E-state index contributed by atoms with van der Waals surface area (Å²) >= 11 is 1.55. The predicted molar refractivity (Wildman–Crippen MR) is 151 cm³/mol. The first kappa shape index (κ1) is 25.7. The number of ether oxygens (including phenoxy) is 2. The fraction of sp³-hybridized carbons (Fsp3) is 0.286. The van der Waals surface area contributed by atoms with E-state index in [2.05, 4.69) is 38.6 Å². The summed E-state index contributed by atoms with van der Waals surface area (Å²) in [5.41, 5.74) is 2.07. The minimum absolute atomic E-state index is 0.362. The van der Waals surface area contributed by atoms with Crippen LogP contribution in [0.25, 0.3) is 10.1 Å². The molecule has 10 heteroatoms. The zero-order chi connectivity index (χ0) is 26.5. The molecule has 1 saturated heterocycles. The number of rotatable bonds is 8. The Morgan fingerprint density at radius 3 is 2.42 bits per heavy atom. The molecule has 0 spiro atoms. The van der Waals surface area contributed by atoms with Crippen LogP contribution in [0.15, 0.2) is 60.7 Å². The third-order valence-corrected chi connectivity index (χ3v) is 7.50. The number of carbonyl (C=O) groups excluding carboxylic acids is 1. The molecule has 2 amide bonds. The lowest BCUT2D eigenvalue weighted by molar-refractivity contribution is 0.260. The molecule has 5 rings (SSSR count). The Bertz CT molecular complexity index is 1400. The number of piperazine rings is 1. The molecular formula is C28H30FN5O3S. The lowest BCUT2D eigenvalue weighted by atomic mass is 10.1. The topological polar surface area (TPSA) is 79.0 Å². The molecule has 0 unspecified atom stereocenters. The molecule has 2 N–H and O–H groups in total. The molecule has 0 radical (unpaired) electrons. The van der Waals surface area contributed by atoms with Crippen LogP contribution in [0.1, 0.15) is 5.56 Å². The number of amides is 2. The summed E-state index contributed by atoms with van der Waals surface area (Å²) in [6.07, 6.45) is 0.714. The first-order valence-corrected chi connectivity index (χ1v) is 13.2. The molecule has 1 aliphatic heterocycles. The fourth-order valence-corrected chi connectivity index (χ4v) is 5.42. The average molecular weight is 536 g/mol. The number of benzene rings is 3. The summed E-state index contributed by atoms with van der Waals surface area (Å²) in [4.78, 5) is 17.5. The Hall–Kier alpha value is -3.89. The lowest BCUT2D eigenvalue weighted by Crippen LogP contribution is -2.47. The Morgan fingerprint density at radius 2 is 1.68 bits per heavy atom. The molecule has 198 valence electrons. The standard InChI is InChI=1S/C28H30FN5O3S/c1-36-24-17-19(23(18-25(24)37-2)31-28(35)30-21-9-7-20(29)8-10-21)11-12-33-13-15-34(16-14-33)27-22-5-3-4-6-26(22)38-32-27/h3-10,17-18H,11-16H2,1-2H3,(H2,30,31,35). The van der Waals surface area contributed by atoms with Gasteiger partial charge in [0.25, 0.3) is 0 Å². The summed E-state index contributed by atoms with van der Waals surface area (Å²) in [5.74, 6) is 1.84. The van der Waals surface area contributed by atoms with Gasteiger partial charge in [-0.3, -0.25) is 4.90 Å². The van der Waals surface area contributed by atoms with Crippen LogP contribution in [0.3, 0.4) is 0 Å². The number of methoxy groups -OCH3 is 2. The molecule has 38 heavy (non-hydrogen) atoms. The molecule has 0 bridgehead atoms. The summed E-state index contributed by atoms with van der Waals surface area (Å²) in [6.45, 7) is 4.49. The highest BCUT2D eigenvalue weighted by Gasteiger charge is 2.21. The van der Waals surface area contributed by atoms with E-state index in [9.17, 15) is 9.18 Å². The van der Waals surface area contributed by atoms with Crippen molar-refractivity contribution in [2.45, 2.75) is 6.42 Å². The largest absolute Gasteiger partial charge is 0.493 e. The van der Waals surface area contributed by atoms with Gasteiger partial charge in [0.15, 0.2) is 11.5 Å². The maximum absolute atomic E-state index is 13.2. The Balaban J connectivity index is 1.24. The first-order valence-electron chi connectivity index (χ1n) is 12.4. The maximum atomic E-state index is 13.2. The summed E-state index contributed by atoms with van der Waals surface area (Å²) in [5, 5.41) is 6.87. The van der Waals surface area contributed by atoms with E-state index in [-0.39, 0.29) is 5.82 Å². The lowest BCUT2D eigenvalue weighted by Gasteiger charge is -2.35. The Kier molecular flexibility index (Phi) is 7.90. The first-order chi connectivity index (χ1) is 18.5. The molecule has 1 aromatic heterocycles. The third-order valence-electron chi connectivity index (χ3n) is 6.69. The fourth-order valence-electron chi connectivity index (χ4n) is 4.62. The normalized spacial score (nSPS) is 13.9. The van der Waals surface area contributed by atoms with Crippen molar-refractivity contribution in [3.63, 3.8) is 0 Å². The van der Waals surface area contributed by atoms with Crippen LogP contribution < -0.4 is 25.0 Å².